The molecule has 1 N–H and O–H groups in total. The van der Waals surface area contributed by atoms with Crippen molar-refractivity contribution in [3.05, 3.63) is 46.2 Å². The quantitative estimate of drug-likeness (QED) is 0.922. The minimum absolute atomic E-state index is 0.0898. The molecule has 0 saturated carbocycles. The van der Waals surface area contributed by atoms with Crippen molar-refractivity contribution in [3.63, 3.8) is 0 Å². The van der Waals surface area contributed by atoms with Gasteiger partial charge in [0.2, 0.25) is 5.91 Å². The Morgan fingerprint density at radius 1 is 1.29 bits per heavy atom. The highest BCUT2D eigenvalue weighted by atomic mass is 32.1. The fraction of sp³-hybridized carbons (Fsp3) is 0.412. The van der Waals surface area contributed by atoms with E-state index < -0.39 is 0 Å². The topological polar surface area (TPSA) is 75.2 Å². The average Bonchev–Trinajstić information content (AvgIpc) is 3.15. The molecule has 0 atom stereocenters. The second kappa shape index (κ2) is 7.53. The standard InChI is InChI=1S/C17H20N4O2S/c1-12(22)21-8-4-13(5-9-21)16-14(18-6-7-19-16)11-20-17(23)15-3-2-10-24-15/h2-3,6-7,10,13H,4-5,8-9,11H2,1H3,(H,20,23). The van der Waals surface area contributed by atoms with Gasteiger partial charge in [0, 0.05) is 38.3 Å². The van der Waals surface area contributed by atoms with E-state index in [9.17, 15) is 9.59 Å². The molecule has 2 amide bonds. The van der Waals surface area contributed by atoms with Gasteiger partial charge in [-0.25, -0.2) is 0 Å². The molecule has 24 heavy (non-hydrogen) atoms. The maximum Gasteiger partial charge on any atom is 0.261 e. The SMILES string of the molecule is CC(=O)N1CCC(c2nccnc2CNC(=O)c2cccs2)CC1. The second-order valence-corrected chi connectivity index (χ2v) is 6.78. The number of carbonyl (C=O) groups excluding carboxylic acids is 2. The van der Waals surface area contributed by atoms with Crippen LogP contribution in [0.15, 0.2) is 29.9 Å². The van der Waals surface area contributed by atoms with E-state index in [1.54, 1.807) is 25.4 Å². The number of likely N-dealkylation sites (tertiary alicyclic amines) is 1. The number of aromatic nitrogens is 2. The fourth-order valence-corrected chi connectivity index (χ4v) is 3.62. The van der Waals surface area contributed by atoms with Gasteiger partial charge in [-0.15, -0.1) is 11.3 Å². The Kier molecular flexibility index (Phi) is 5.20. The molecule has 2 aromatic rings. The summed E-state index contributed by atoms with van der Waals surface area (Å²) in [4.78, 5) is 35.0. The summed E-state index contributed by atoms with van der Waals surface area (Å²) in [6, 6.07) is 3.66. The van der Waals surface area contributed by atoms with Crippen molar-refractivity contribution >= 4 is 23.2 Å². The van der Waals surface area contributed by atoms with Gasteiger partial charge in [-0.3, -0.25) is 19.6 Å². The smallest absolute Gasteiger partial charge is 0.261 e. The summed E-state index contributed by atoms with van der Waals surface area (Å²) in [5, 5.41) is 4.79. The van der Waals surface area contributed by atoms with E-state index in [0.29, 0.717) is 11.4 Å². The van der Waals surface area contributed by atoms with Gasteiger partial charge in [-0.05, 0) is 24.3 Å². The first-order valence-electron chi connectivity index (χ1n) is 8.02. The lowest BCUT2D eigenvalue weighted by Gasteiger charge is -2.31. The zero-order valence-corrected chi connectivity index (χ0v) is 14.4. The zero-order valence-electron chi connectivity index (χ0n) is 13.6. The normalized spacial score (nSPS) is 15.3. The van der Waals surface area contributed by atoms with E-state index >= 15 is 0 Å². The van der Waals surface area contributed by atoms with Crippen LogP contribution in [0.25, 0.3) is 0 Å². The van der Waals surface area contributed by atoms with E-state index in [0.717, 1.165) is 37.3 Å². The molecule has 0 spiro atoms. The van der Waals surface area contributed by atoms with Gasteiger partial charge in [0.15, 0.2) is 0 Å². The van der Waals surface area contributed by atoms with Crippen molar-refractivity contribution in [2.24, 2.45) is 0 Å². The Morgan fingerprint density at radius 3 is 2.71 bits per heavy atom. The molecule has 0 unspecified atom stereocenters. The van der Waals surface area contributed by atoms with Crippen LogP contribution >= 0.6 is 11.3 Å². The molecule has 126 valence electrons. The third-order valence-electron chi connectivity index (χ3n) is 4.29. The number of rotatable bonds is 4. The molecular weight excluding hydrogens is 324 g/mol. The molecule has 0 bridgehead atoms. The van der Waals surface area contributed by atoms with E-state index in [4.69, 9.17) is 0 Å². The summed E-state index contributed by atoms with van der Waals surface area (Å²) >= 11 is 1.42. The predicted octanol–water partition coefficient (Wildman–Crippen LogP) is 2.19. The summed E-state index contributed by atoms with van der Waals surface area (Å²) < 4.78 is 0. The largest absolute Gasteiger partial charge is 0.346 e. The van der Waals surface area contributed by atoms with Gasteiger partial charge in [-0.1, -0.05) is 6.07 Å². The van der Waals surface area contributed by atoms with Gasteiger partial charge >= 0.3 is 0 Å². The zero-order chi connectivity index (χ0) is 16.9. The molecule has 0 aromatic carbocycles. The van der Waals surface area contributed by atoms with Gasteiger partial charge < -0.3 is 10.2 Å². The molecule has 1 fully saturated rings. The van der Waals surface area contributed by atoms with Crippen LogP contribution in [0.3, 0.4) is 0 Å². The molecular formula is C17H20N4O2S. The molecule has 1 saturated heterocycles. The van der Waals surface area contributed by atoms with Crippen LogP contribution in [0.5, 0.6) is 0 Å². The summed E-state index contributed by atoms with van der Waals surface area (Å²) in [5.41, 5.74) is 1.75. The Bertz CT molecular complexity index is 709. The van der Waals surface area contributed by atoms with Crippen molar-refractivity contribution in [1.29, 1.82) is 0 Å². The van der Waals surface area contributed by atoms with Crippen LogP contribution in [0.1, 0.15) is 46.7 Å². The van der Waals surface area contributed by atoms with E-state index in [2.05, 4.69) is 15.3 Å². The predicted molar refractivity (Wildman–Crippen MR) is 91.8 cm³/mol. The number of nitrogens with one attached hydrogen (secondary N) is 1. The van der Waals surface area contributed by atoms with Crippen molar-refractivity contribution < 1.29 is 9.59 Å². The maximum atomic E-state index is 12.1. The maximum absolute atomic E-state index is 12.1. The minimum Gasteiger partial charge on any atom is -0.346 e. The summed E-state index contributed by atoms with van der Waals surface area (Å²) in [7, 11) is 0. The lowest BCUT2D eigenvalue weighted by molar-refractivity contribution is -0.129. The van der Waals surface area contributed by atoms with Gasteiger partial charge in [-0.2, -0.15) is 0 Å². The lowest BCUT2D eigenvalue weighted by atomic mass is 9.92. The first-order valence-corrected chi connectivity index (χ1v) is 8.90. The third-order valence-corrected chi connectivity index (χ3v) is 5.16. The van der Waals surface area contributed by atoms with Crippen molar-refractivity contribution in [2.45, 2.75) is 32.2 Å². The van der Waals surface area contributed by atoms with Crippen LogP contribution in [-0.2, 0) is 11.3 Å². The van der Waals surface area contributed by atoms with Crippen LogP contribution in [-0.4, -0.2) is 39.8 Å². The first kappa shape index (κ1) is 16.6. The Morgan fingerprint density at radius 2 is 2.04 bits per heavy atom. The number of hydrogen-bond acceptors (Lipinski definition) is 5. The molecule has 3 heterocycles. The first-order chi connectivity index (χ1) is 11.6. The average molecular weight is 344 g/mol. The molecule has 6 nitrogen and oxygen atoms in total. The lowest BCUT2D eigenvalue weighted by Crippen LogP contribution is -2.37. The van der Waals surface area contributed by atoms with Crippen molar-refractivity contribution in [3.8, 4) is 0 Å². The number of carbonyl (C=O) groups is 2. The number of thiophene rings is 1. The minimum atomic E-state index is -0.0898. The fourth-order valence-electron chi connectivity index (χ4n) is 2.98. The second-order valence-electron chi connectivity index (χ2n) is 5.83. The number of amides is 2. The monoisotopic (exact) mass is 344 g/mol. The molecule has 0 radical (unpaired) electrons. The van der Waals surface area contributed by atoms with E-state index in [-0.39, 0.29) is 17.7 Å². The third kappa shape index (κ3) is 3.79. The Hall–Kier alpha value is -2.28. The van der Waals surface area contributed by atoms with Crippen molar-refractivity contribution in [2.75, 3.05) is 13.1 Å². The molecule has 0 aliphatic carbocycles. The summed E-state index contributed by atoms with van der Waals surface area (Å²) in [6.45, 7) is 3.47. The molecule has 1 aliphatic rings. The van der Waals surface area contributed by atoms with Gasteiger partial charge in [0.1, 0.15) is 0 Å². The number of nitrogens with zero attached hydrogens (tertiary/aromatic N) is 3. The van der Waals surface area contributed by atoms with E-state index in [1.807, 2.05) is 16.3 Å². The highest BCUT2D eigenvalue weighted by Gasteiger charge is 2.25. The highest BCUT2D eigenvalue weighted by molar-refractivity contribution is 7.12. The Balaban J connectivity index is 1.65. The summed E-state index contributed by atoms with van der Waals surface area (Å²) in [6.07, 6.45) is 5.10. The molecule has 2 aromatic heterocycles. The van der Waals surface area contributed by atoms with Gasteiger partial charge in [0.05, 0.1) is 22.8 Å². The van der Waals surface area contributed by atoms with Crippen LogP contribution in [0, 0.1) is 0 Å². The molecule has 3 rings (SSSR count). The van der Waals surface area contributed by atoms with E-state index in [1.165, 1.54) is 11.3 Å². The summed E-state index contributed by atoms with van der Waals surface area (Å²) in [5.74, 6) is 0.312. The van der Waals surface area contributed by atoms with Crippen LogP contribution < -0.4 is 5.32 Å². The number of piperidine rings is 1. The Labute approximate surface area is 144 Å². The molecule has 1 aliphatic heterocycles. The van der Waals surface area contributed by atoms with Crippen LogP contribution in [0.4, 0.5) is 0 Å². The van der Waals surface area contributed by atoms with Gasteiger partial charge in [0.25, 0.3) is 5.91 Å². The highest BCUT2D eigenvalue weighted by Crippen LogP contribution is 2.28. The van der Waals surface area contributed by atoms with Crippen molar-refractivity contribution in [1.82, 2.24) is 20.2 Å². The van der Waals surface area contributed by atoms with Crippen LogP contribution in [0.2, 0.25) is 0 Å². The number of hydrogen-bond donors (Lipinski definition) is 1. The molecule has 7 heteroatoms.